The maximum absolute atomic E-state index is 11.8. The molecule has 1 N–H and O–H groups in total. The third-order valence-electron chi connectivity index (χ3n) is 2.67. The van der Waals surface area contributed by atoms with Gasteiger partial charge in [0.2, 0.25) is 5.76 Å². The Balaban J connectivity index is 1.87. The molecule has 1 aliphatic heterocycles. The van der Waals surface area contributed by atoms with Gasteiger partial charge in [0, 0.05) is 32.2 Å². The van der Waals surface area contributed by atoms with Crippen molar-refractivity contribution >= 4 is 11.9 Å². The number of rotatable bonds is 3. The second-order valence-electron chi connectivity index (χ2n) is 3.84. The van der Waals surface area contributed by atoms with Crippen LogP contribution in [0.5, 0.6) is 0 Å². The average Bonchev–Trinajstić information content (AvgIpc) is 2.82. The number of aromatic nitrogens is 1. The molecule has 0 aromatic carbocycles. The van der Waals surface area contributed by atoms with E-state index in [1.165, 1.54) is 12.3 Å². The first kappa shape index (κ1) is 11.6. The number of hydrogen-bond donors (Lipinski definition) is 1. The molecule has 0 unspecified atom stereocenters. The summed E-state index contributed by atoms with van der Waals surface area (Å²) in [4.78, 5) is 25.8. The van der Waals surface area contributed by atoms with E-state index in [-0.39, 0.29) is 18.2 Å². The van der Waals surface area contributed by atoms with Gasteiger partial charge >= 0.3 is 5.97 Å². The van der Waals surface area contributed by atoms with Crippen molar-refractivity contribution in [2.24, 2.45) is 0 Å². The molecule has 0 spiro atoms. The zero-order valence-electron chi connectivity index (χ0n) is 9.20. The van der Waals surface area contributed by atoms with Gasteiger partial charge in [0.05, 0.1) is 12.7 Å². The third kappa shape index (κ3) is 2.82. The number of carbonyl (C=O) groups excluding carboxylic acids is 1. The molecule has 2 heterocycles. The molecular formula is C10H13N3O4. The summed E-state index contributed by atoms with van der Waals surface area (Å²) < 4.78 is 4.79. The minimum Gasteiger partial charge on any atom is -0.480 e. The Morgan fingerprint density at radius 2 is 2.06 bits per heavy atom. The lowest BCUT2D eigenvalue weighted by Gasteiger charge is -2.33. The van der Waals surface area contributed by atoms with E-state index in [1.54, 1.807) is 9.80 Å². The Bertz CT molecular complexity index is 396. The largest absolute Gasteiger partial charge is 0.480 e. The molecule has 7 heteroatoms. The summed E-state index contributed by atoms with van der Waals surface area (Å²) in [5.41, 5.74) is 0. The number of nitrogens with zero attached hydrogens (tertiary/aromatic N) is 3. The highest BCUT2D eigenvalue weighted by Gasteiger charge is 2.24. The van der Waals surface area contributed by atoms with Gasteiger partial charge < -0.3 is 14.5 Å². The van der Waals surface area contributed by atoms with E-state index in [4.69, 9.17) is 9.63 Å². The quantitative estimate of drug-likeness (QED) is 0.766. The predicted octanol–water partition coefficient (Wildman–Crippen LogP) is -0.483. The molecule has 1 fully saturated rings. The highest BCUT2D eigenvalue weighted by Crippen LogP contribution is 2.07. The summed E-state index contributed by atoms with van der Waals surface area (Å²) in [7, 11) is 0. The maximum Gasteiger partial charge on any atom is 0.317 e. The average molecular weight is 239 g/mol. The molecular weight excluding hydrogens is 226 g/mol. The van der Waals surface area contributed by atoms with Crippen molar-refractivity contribution in [2.75, 3.05) is 32.7 Å². The van der Waals surface area contributed by atoms with Gasteiger partial charge in [0.15, 0.2) is 0 Å². The molecule has 7 nitrogen and oxygen atoms in total. The van der Waals surface area contributed by atoms with Gasteiger partial charge in [-0.05, 0) is 0 Å². The molecule has 0 radical (unpaired) electrons. The van der Waals surface area contributed by atoms with E-state index in [9.17, 15) is 9.59 Å². The Kier molecular flexibility index (Phi) is 3.38. The van der Waals surface area contributed by atoms with Crippen LogP contribution in [0.1, 0.15) is 10.6 Å². The van der Waals surface area contributed by atoms with E-state index >= 15 is 0 Å². The standard InChI is InChI=1S/C10H13N3O4/c14-9(15)7-12-3-5-13(6-4-12)10(16)8-1-2-11-17-8/h1-2H,3-7H2,(H,14,15). The second kappa shape index (κ2) is 4.96. The SMILES string of the molecule is O=C(O)CN1CCN(C(=O)c2ccno2)CC1. The van der Waals surface area contributed by atoms with Gasteiger partial charge in [-0.2, -0.15) is 0 Å². The highest BCUT2D eigenvalue weighted by atomic mass is 16.5. The Labute approximate surface area is 97.6 Å². The topological polar surface area (TPSA) is 86.9 Å². The minimum atomic E-state index is -0.847. The maximum atomic E-state index is 11.8. The van der Waals surface area contributed by atoms with Crippen LogP contribution in [-0.4, -0.2) is 64.7 Å². The molecule has 1 aliphatic rings. The van der Waals surface area contributed by atoms with Gasteiger partial charge in [0.1, 0.15) is 0 Å². The van der Waals surface area contributed by atoms with Crippen molar-refractivity contribution in [3.05, 3.63) is 18.0 Å². The van der Waals surface area contributed by atoms with Crippen LogP contribution >= 0.6 is 0 Å². The van der Waals surface area contributed by atoms with Crippen LogP contribution in [0, 0.1) is 0 Å². The van der Waals surface area contributed by atoms with E-state index in [1.807, 2.05) is 0 Å². The first-order valence-electron chi connectivity index (χ1n) is 5.31. The van der Waals surface area contributed by atoms with Crippen LogP contribution < -0.4 is 0 Å². The van der Waals surface area contributed by atoms with Crippen molar-refractivity contribution in [3.8, 4) is 0 Å². The normalized spacial score (nSPS) is 17.1. The molecule has 0 saturated carbocycles. The number of aliphatic carboxylic acids is 1. The first-order valence-corrected chi connectivity index (χ1v) is 5.31. The number of piperazine rings is 1. The van der Waals surface area contributed by atoms with Crippen molar-refractivity contribution in [2.45, 2.75) is 0 Å². The van der Waals surface area contributed by atoms with E-state index in [0.717, 1.165) is 0 Å². The number of carboxylic acids is 1. The fourth-order valence-corrected chi connectivity index (χ4v) is 1.78. The van der Waals surface area contributed by atoms with Crippen LogP contribution in [0.25, 0.3) is 0 Å². The molecule has 0 bridgehead atoms. The van der Waals surface area contributed by atoms with Crippen molar-refractivity contribution in [1.29, 1.82) is 0 Å². The van der Waals surface area contributed by atoms with Gasteiger partial charge in [-0.15, -0.1) is 0 Å². The summed E-state index contributed by atoms with van der Waals surface area (Å²) in [6, 6.07) is 1.52. The summed E-state index contributed by atoms with van der Waals surface area (Å²) in [5.74, 6) is -0.825. The number of carbonyl (C=O) groups is 2. The molecule has 92 valence electrons. The van der Waals surface area contributed by atoms with Gasteiger partial charge in [-0.1, -0.05) is 5.16 Å². The fraction of sp³-hybridized carbons (Fsp3) is 0.500. The lowest BCUT2D eigenvalue weighted by molar-refractivity contribution is -0.138. The molecule has 2 rings (SSSR count). The molecule has 0 aliphatic carbocycles. The smallest absolute Gasteiger partial charge is 0.317 e. The summed E-state index contributed by atoms with van der Waals surface area (Å²) >= 11 is 0. The zero-order valence-corrected chi connectivity index (χ0v) is 9.20. The lowest BCUT2D eigenvalue weighted by Crippen LogP contribution is -2.49. The number of hydrogen-bond acceptors (Lipinski definition) is 5. The van der Waals surface area contributed by atoms with Crippen LogP contribution in [0.15, 0.2) is 16.8 Å². The number of amides is 1. The fourth-order valence-electron chi connectivity index (χ4n) is 1.78. The van der Waals surface area contributed by atoms with Crippen LogP contribution in [0.4, 0.5) is 0 Å². The zero-order chi connectivity index (χ0) is 12.3. The Morgan fingerprint density at radius 1 is 1.35 bits per heavy atom. The van der Waals surface area contributed by atoms with E-state index in [0.29, 0.717) is 26.2 Å². The second-order valence-corrected chi connectivity index (χ2v) is 3.84. The Hall–Kier alpha value is -1.89. The summed E-state index contributed by atoms with van der Waals surface area (Å²) in [6.07, 6.45) is 1.42. The van der Waals surface area contributed by atoms with Gasteiger partial charge in [-0.3, -0.25) is 14.5 Å². The Morgan fingerprint density at radius 3 is 2.59 bits per heavy atom. The molecule has 1 amide bonds. The molecule has 0 atom stereocenters. The molecule has 1 saturated heterocycles. The van der Waals surface area contributed by atoms with Crippen molar-refractivity contribution in [3.63, 3.8) is 0 Å². The molecule has 17 heavy (non-hydrogen) atoms. The van der Waals surface area contributed by atoms with Crippen molar-refractivity contribution in [1.82, 2.24) is 15.0 Å². The molecule has 1 aromatic rings. The van der Waals surface area contributed by atoms with Crippen LogP contribution in [0.2, 0.25) is 0 Å². The summed E-state index contributed by atoms with van der Waals surface area (Å²) in [6.45, 7) is 2.16. The third-order valence-corrected chi connectivity index (χ3v) is 2.67. The van der Waals surface area contributed by atoms with Crippen LogP contribution in [0.3, 0.4) is 0 Å². The summed E-state index contributed by atoms with van der Waals surface area (Å²) in [5, 5.41) is 12.1. The predicted molar refractivity (Wildman–Crippen MR) is 56.5 cm³/mol. The van der Waals surface area contributed by atoms with E-state index in [2.05, 4.69) is 5.16 Å². The van der Waals surface area contributed by atoms with Crippen LogP contribution in [-0.2, 0) is 4.79 Å². The van der Waals surface area contributed by atoms with Gasteiger partial charge in [0.25, 0.3) is 5.91 Å². The minimum absolute atomic E-state index is 0.0182. The first-order chi connectivity index (χ1) is 8.16. The van der Waals surface area contributed by atoms with Gasteiger partial charge in [-0.25, -0.2) is 0 Å². The highest BCUT2D eigenvalue weighted by molar-refractivity contribution is 5.91. The number of carboxylic acid groups (broad SMARTS) is 1. The van der Waals surface area contributed by atoms with Crippen molar-refractivity contribution < 1.29 is 19.2 Å². The lowest BCUT2D eigenvalue weighted by atomic mass is 10.3. The monoisotopic (exact) mass is 239 g/mol. The molecule has 1 aromatic heterocycles. The van der Waals surface area contributed by atoms with E-state index < -0.39 is 5.97 Å².